The van der Waals surface area contributed by atoms with Crippen LogP contribution in [0.25, 0.3) is 0 Å². The molecule has 4 atom stereocenters. The van der Waals surface area contributed by atoms with Gasteiger partial charge in [0.2, 0.25) is 0 Å². The molecule has 1 fully saturated rings. The maximum atomic E-state index is 12.9. The van der Waals surface area contributed by atoms with Gasteiger partial charge in [0, 0.05) is 25.5 Å². The van der Waals surface area contributed by atoms with Crippen molar-refractivity contribution in [1.82, 2.24) is 9.55 Å². The Morgan fingerprint density at radius 2 is 1.88 bits per heavy atom. The van der Waals surface area contributed by atoms with Crippen LogP contribution in [0.1, 0.15) is 33.9 Å². The van der Waals surface area contributed by atoms with E-state index in [2.05, 4.69) is 10.5 Å². The largest absolute Gasteiger partial charge is 0.394 e. The fourth-order valence-electron chi connectivity index (χ4n) is 3.27. The van der Waals surface area contributed by atoms with E-state index in [0.717, 1.165) is 4.57 Å². The molecule has 0 radical (unpaired) electrons. The van der Waals surface area contributed by atoms with E-state index in [9.17, 15) is 24.9 Å². The highest BCUT2D eigenvalue weighted by Gasteiger charge is 2.45. The molecule has 12 nitrogen and oxygen atoms in total. The summed E-state index contributed by atoms with van der Waals surface area (Å²) >= 11 is 0. The van der Waals surface area contributed by atoms with E-state index in [1.54, 1.807) is 0 Å². The maximum Gasteiger partial charge on any atom is 0.351 e. The van der Waals surface area contributed by atoms with Gasteiger partial charge in [-0.2, -0.15) is 4.98 Å². The zero-order chi connectivity index (χ0) is 23.9. The molecule has 1 saturated heterocycles. The quantitative estimate of drug-likeness (QED) is 0.296. The van der Waals surface area contributed by atoms with Crippen molar-refractivity contribution in [2.75, 3.05) is 38.5 Å². The van der Waals surface area contributed by atoms with Crippen LogP contribution in [0, 0.1) is 11.3 Å². The molecule has 0 saturated carbocycles. The molecule has 0 amide bonds. The summed E-state index contributed by atoms with van der Waals surface area (Å²) in [6.45, 7) is 7.88. The second-order valence-electron chi connectivity index (χ2n) is 7.81. The van der Waals surface area contributed by atoms with Gasteiger partial charge in [0.15, 0.2) is 12.0 Å². The first-order chi connectivity index (χ1) is 15.2. The predicted molar refractivity (Wildman–Crippen MR) is 111 cm³/mol. The highest BCUT2D eigenvalue weighted by molar-refractivity contribution is 5.78. The summed E-state index contributed by atoms with van der Waals surface area (Å²) in [7, 11) is 0. The number of hydrogen-bond donors (Lipinski definition) is 4. The Morgan fingerprint density at radius 3 is 2.34 bits per heavy atom. The number of carbonyl (C=O) groups excluding carboxylic acids is 1. The monoisotopic (exact) mass is 459 g/mol. The van der Waals surface area contributed by atoms with E-state index < -0.39 is 48.2 Å². The molecule has 0 spiro atoms. The van der Waals surface area contributed by atoms with Crippen molar-refractivity contribution in [3.8, 4) is 0 Å². The van der Waals surface area contributed by atoms with Gasteiger partial charge in [0.1, 0.15) is 23.7 Å². The van der Waals surface area contributed by atoms with Crippen LogP contribution in [0.3, 0.4) is 0 Å². The van der Waals surface area contributed by atoms with Crippen LogP contribution >= 0.6 is 0 Å². The van der Waals surface area contributed by atoms with Crippen molar-refractivity contribution in [3.63, 3.8) is 0 Å². The van der Waals surface area contributed by atoms with Gasteiger partial charge in [-0.05, 0) is 19.8 Å². The van der Waals surface area contributed by atoms with E-state index in [1.165, 1.54) is 12.3 Å². The number of anilines is 1. The summed E-state index contributed by atoms with van der Waals surface area (Å²) in [5.41, 5.74) is 0.494. The predicted octanol–water partition coefficient (Wildman–Crippen LogP) is -0.560. The molecule has 2 rings (SSSR count). The number of aliphatic hydroxyl groups is 3. The number of aromatic nitrogens is 2. The SMILES string of the molecule is CCOCC(COCC)(C(=O)ONc1ccn([C@@H]2O[C@H](CO)[C@@H](O)[C@H]2O)c(=O)n1)C(C)C. The lowest BCUT2D eigenvalue weighted by Crippen LogP contribution is -2.46. The lowest BCUT2D eigenvalue weighted by Gasteiger charge is -2.34. The lowest BCUT2D eigenvalue weighted by atomic mass is 9.78. The van der Waals surface area contributed by atoms with E-state index in [-0.39, 0.29) is 24.9 Å². The van der Waals surface area contributed by atoms with Gasteiger partial charge in [-0.25, -0.2) is 15.1 Å². The normalized spacial score (nSPS) is 23.5. The first-order valence-corrected chi connectivity index (χ1v) is 10.6. The average Bonchev–Trinajstić information content (AvgIpc) is 3.06. The molecule has 0 bridgehead atoms. The number of nitrogens with one attached hydrogen (secondary N) is 1. The first kappa shape index (κ1) is 26.2. The van der Waals surface area contributed by atoms with Crippen molar-refractivity contribution >= 4 is 11.8 Å². The molecule has 0 unspecified atom stereocenters. The van der Waals surface area contributed by atoms with Crippen LogP contribution < -0.4 is 11.2 Å². The zero-order valence-electron chi connectivity index (χ0n) is 18.8. The van der Waals surface area contributed by atoms with Crippen molar-refractivity contribution < 1.29 is 39.2 Å². The molecule has 182 valence electrons. The highest BCUT2D eigenvalue weighted by Crippen LogP contribution is 2.31. The van der Waals surface area contributed by atoms with Crippen LogP contribution in [0.5, 0.6) is 0 Å². The third-order valence-corrected chi connectivity index (χ3v) is 5.51. The van der Waals surface area contributed by atoms with E-state index >= 15 is 0 Å². The molecule has 1 aromatic heterocycles. The van der Waals surface area contributed by atoms with Crippen LogP contribution in [0.2, 0.25) is 0 Å². The number of aliphatic hydroxyl groups excluding tert-OH is 3. The number of nitrogens with zero attached hydrogens (tertiary/aromatic N) is 2. The van der Waals surface area contributed by atoms with E-state index in [0.29, 0.717) is 13.2 Å². The molecule has 0 aliphatic carbocycles. The Kier molecular flexibility index (Phi) is 9.55. The van der Waals surface area contributed by atoms with Crippen molar-refractivity contribution in [2.45, 2.75) is 52.2 Å². The molecule has 1 aliphatic heterocycles. The summed E-state index contributed by atoms with van der Waals surface area (Å²) in [5, 5.41) is 29.1. The minimum absolute atomic E-state index is 0.0446. The second-order valence-corrected chi connectivity index (χ2v) is 7.81. The van der Waals surface area contributed by atoms with Crippen LogP contribution in [0.15, 0.2) is 17.1 Å². The fraction of sp³-hybridized carbons (Fsp3) is 0.750. The molecule has 1 aliphatic rings. The molecular weight excluding hydrogens is 426 g/mol. The van der Waals surface area contributed by atoms with Gasteiger partial charge >= 0.3 is 11.7 Å². The summed E-state index contributed by atoms with van der Waals surface area (Å²) < 4.78 is 17.3. The Morgan fingerprint density at radius 1 is 1.25 bits per heavy atom. The summed E-state index contributed by atoms with van der Waals surface area (Å²) in [4.78, 5) is 34.3. The molecule has 4 N–H and O–H groups in total. The van der Waals surface area contributed by atoms with Gasteiger partial charge in [0.25, 0.3) is 0 Å². The number of hydrogen-bond acceptors (Lipinski definition) is 11. The van der Waals surface area contributed by atoms with Crippen LogP contribution in [-0.4, -0.2) is 82.2 Å². The van der Waals surface area contributed by atoms with Gasteiger partial charge in [0.05, 0.1) is 19.8 Å². The third kappa shape index (κ3) is 5.63. The van der Waals surface area contributed by atoms with E-state index in [4.69, 9.17) is 19.0 Å². The van der Waals surface area contributed by atoms with Gasteiger partial charge in [-0.3, -0.25) is 4.57 Å². The Labute approximate surface area is 186 Å². The molecule has 12 heteroatoms. The Hall–Kier alpha value is -2.09. The smallest absolute Gasteiger partial charge is 0.351 e. The van der Waals surface area contributed by atoms with Gasteiger partial charge in [-0.15, -0.1) is 0 Å². The molecule has 1 aromatic rings. The third-order valence-electron chi connectivity index (χ3n) is 5.51. The fourth-order valence-corrected chi connectivity index (χ4v) is 3.27. The molecule has 32 heavy (non-hydrogen) atoms. The van der Waals surface area contributed by atoms with Crippen molar-refractivity contribution in [2.24, 2.45) is 11.3 Å². The second kappa shape index (κ2) is 11.7. The number of ether oxygens (including phenoxy) is 3. The standard InChI is InChI=1S/C20H33N3O9/c1-5-29-10-20(12(3)4,11-30-6-2)18(27)32-22-14-7-8-23(19(28)21-14)17-16(26)15(25)13(9-24)31-17/h7-8,12-13,15-17,24-26H,5-6,9-11H2,1-4H3,(H,21,22,28)/t13-,15-,16-,17-/m1/s1. The van der Waals surface area contributed by atoms with Crippen LogP contribution in [0.4, 0.5) is 5.82 Å². The van der Waals surface area contributed by atoms with E-state index in [1.807, 2.05) is 27.7 Å². The average molecular weight is 459 g/mol. The van der Waals surface area contributed by atoms with Crippen molar-refractivity contribution in [1.29, 1.82) is 0 Å². The number of rotatable bonds is 12. The first-order valence-electron chi connectivity index (χ1n) is 10.6. The minimum Gasteiger partial charge on any atom is -0.394 e. The lowest BCUT2D eigenvalue weighted by molar-refractivity contribution is -0.167. The summed E-state index contributed by atoms with van der Waals surface area (Å²) in [6.07, 6.45) is -3.75. The van der Waals surface area contributed by atoms with Crippen molar-refractivity contribution in [3.05, 3.63) is 22.7 Å². The van der Waals surface area contributed by atoms with Gasteiger partial charge in [-0.1, -0.05) is 13.8 Å². The Bertz CT molecular complexity index is 793. The molecule has 2 heterocycles. The molecule has 0 aromatic carbocycles. The van der Waals surface area contributed by atoms with Gasteiger partial charge < -0.3 is 34.4 Å². The Balaban J connectivity index is 2.13. The maximum absolute atomic E-state index is 12.9. The zero-order valence-corrected chi connectivity index (χ0v) is 18.8. The number of carbonyl (C=O) groups is 1. The highest BCUT2D eigenvalue weighted by atomic mass is 16.7. The topological polar surface area (TPSA) is 162 Å². The van der Waals surface area contributed by atoms with Crippen LogP contribution in [-0.2, 0) is 23.8 Å². The minimum atomic E-state index is -1.42. The summed E-state index contributed by atoms with van der Waals surface area (Å²) in [5.74, 6) is -0.830. The summed E-state index contributed by atoms with van der Waals surface area (Å²) in [6, 6.07) is 1.34. The molecular formula is C20H33N3O9.